The van der Waals surface area contributed by atoms with Gasteiger partial charge in [-0.2, -0.15) is 0 Å². The molecule has 0 saturated heterocycles. The van der Waals surface area contributed by atoms with Crippen LogP contribution in [0.3, 0.4) is 0 Å². The van der Waals surface area contributed by atoms with Crippen LogP contribution in [0.15, 0.2) is 55.6 Å². The van der Waals surface area contributed by atoms with E-state index in [-0.39, 0.29) is 51.3 Å². The van der Waals surface area contributed by atoms with Crippen LogP contribution >= 0.6 is 0 Å². The zero-order valence-electron chi connectivity index (χ0n) is 15.9. The number of aromatic nitrogens is 2. The molecule has 3 aromatic rings. The van der Waals surface area contributed by atoms with E-state index in [9.17, 15) is 38.4 Å². The second-order valence-corrected chi connectivity index (χ2v) is 7.18. The van der Waals surface area contributed by atoms with E-state index in [2.05, 4.69) is 0 Å². The first-order valence-corrected chi connectivity index (χ1v) is 9.16. The van der Waals surface area contributed by atoms with Gasteiger partial charge in [0.05, 0.1) is 21.5 Å². The van der Waals surface area contributed by atoms with E-state index in [1.54, 1.807) is 0 Å². The number of imide groups is 2. The smallest absolute Gasteiger partial charge is 0.263 e. The van der Waals surface area contributed by atoms with Gasteiger partial charge in [-0.3, -0.25) is 57.3 Å². The number of benzene rings is 1. The van der Waals surface area contributed by atoms with Crippen LogP contribution in [-0.4, -0.2) is 42.6 Å². The Balaban J connectivity index is 0.00000162. The molecule has 0 fully saturated rings. The van der Waals surface area contributed by atoms with Crippen molar-refractivity contribution in [2.45, 2.75) is 43.0 Å². The molecular weight excluding hydrogens is 472 g/mol. The topological polar surface area (TPSA) is 153 Å². The maximum Gasteiger partial charge on any atom is 0.263 e. The second-order valence-electron chi connectivity index (χ2n) is 7.18. The monoisotopic (exact) mass is 498 g/mol. The summed E-state index contributed by atoms with van der Waals surface area (Å²) in [5.41, 5.74) is -3.36. The molecule has 12 heteroatoms. The normalized spacial score (nSPS) is 14.3. The molecule has 2 aromatic heterocycles. The zero-order chi connectivity index (χ0) is 22.9. The van der Waals surface area contributed by atoms with Crippen molar-refractivity contribution in [1.29, 1.82) is 0 Å². The van der Waals surface area contributed by atoms with Crippen LogP contribution in [0.2, 0.25) is 0 Å². The van der Waals surface area contributed by atoms with Crippen LogP contribution in [-0.2, 0) is 32.5 Å². The molecule has 2 aliphatic rings. The van der Waals surface area contributed by atoms with Crippen LogP contribution in [0.1, 0.15) is 29.7 Å². The largest absolute Gasteiger partial charge is 0.269 e. The fourth-order valence-corrected chi connectivity index (χ4v) is 3.75. The molecule has 1 aromatic carbocycles. The first kappa shape index (κ1) is 29.3. The SMILES string of the molecule is C.C.C.C.O=C1C=CC(=O)N1Cn1c(=O)c2cc3c(=O)n(CN4C(=O)C=CC4=O)c(=O)c3cc2c1=O. The number of amides is 4. The Kier molecular flexibility index (Phi) is 8.02. The fourth-order valence-electron chi connectivity index (χ4n) is 3.75. The standard InChI is InChI=1S/C20H10N4O8.4CH4/c25-13-1-2-14(26)21(13)7-23-17(29)9-5-11-12(6-10(9)18(23)30)20(32)24(19(11)31)8-22-15(27)3-4-16(22)28;;;;/h1-6H,7-8H2;4*1H4. The van der Waals surface area contributed by atoms with Crippen molar-refractivity contribution in [3.05, 3.63) is 77.9 Å². The third-order valence-corrected chi connectivity index (χ3v) is 5.43. The molecule has 4 amide bonds. The molecule has 5 rings (SSSR count). The second kappa shape index (κ2) is 9.86. The Morgan fingerprint density at radius 3 is 0.861 bits per heavy atom. The number of nitrogens with zero attached hydrogens (tertiary/aromatic N) is 4. The Bertz CT molecular complexity index is 1460. The highest BCUT2D eigenvalue weighted by Gasteiger charge is 2.28. The lowest BCUT2D eigenvalue weighted by Gasteiger charge is -2.12. The highest BCUT2D eigenvalue weighted by Crippen LogP contribution is 2.16. The minimum atomic E-state index is -0.840. The lowest BCUT2D eigenvalue weighted by Crippen LogP contribution is -2.39. The summed E-state index contributed by atoms with van der Waals surface area (Å²) in [7, 11) is 0. The van der Waals surface area contributed by atoms with Crippen LogP contribution in [0.5, 0.6) is 0 Å². The molecule has 12 nitrogen and oxygen atoms in total. The van der Waals surface area contributed by atoms with E-state index in [0.29, 0.717) is 18.9 Å². The number of hydrogen-bond acceptors (Lipinski definition) is 8. The van der Waals surface area contributed by atoms with Gasteiger partial charge < -0.3 is 0 Å². The molecule has 0 spiro atoms. The Morgan fingerprint density at radius 1 is 0.417 bits per heavy atom. The maximum absolute atomic E-state index is 12.8. The van der Waals surface area contributed by atoms with Gasteiger partial charge in [0.1, 0.15) is 13.3 Å². The van der Waals surface area contributed by atoms with Gasteiger partial charge in [-0.15, -0.1) is 0 Å². The van der Waals surface area contributed by atoms with Gasteiger partial charge >= 0.3 is 0 Å². The van der Waals surface area contributed by atoms with Crippen molar-refractivity contribution in [2.24, 2.45) is 0 Å². The molecule has 2 aliphatic heterocycles. The summed E-state index contributed by atoms with van der Waals surface area (Å²) in [6.45, 7) is -1.22. The summed E-state index contributed by atoms with van der Waals surface area (Å²) in [6, 6.07) is 2.17. The average molecular weight is 498 g/mol. The van der Waals surface area contributed by atoms with Crippen LogP contribution < -0.4 is 22.2 Å². The molecule has 0 aliphatic carbocycles. The molecule has 0 saturated carbocycles. The van der Waals surface area contributed by atoms with Crippen molar-refractivity contribution < 1.29 is 19.2 Å². The highest BCUT2D eigenvalue weighted by atomic mass is 16.2. The molecule has 0 bridgehead atoms. The minimum absolute atomic E-state index is 0. The van der Waals surface area contributed by atoms with Gasteiger partial charge in [0, 0.05) is 24.3 Å². The van der Waals surface area contributed by atoms with E-state index >= 15 is 0 Å². The summed E-state index contributed by atoms with van der Waals surface area (Å²) in [5.74, 6) is -2.74. The molecule has 0 N–H and O–H groups in total. The molecule has 4 heterocycles. The number of hydrogen-bond donors (Lipinski definition) is 0. The Morgan fingerprint density at radius 2 is 0.639 bits per heavy atom. The third kappa shape index (κ3) is 3.91. The van der Waals surface area contributed by atoms with Crippen LogP contribution in [0, 0.1) is 0 Å². The molecular formula is C24H26N4O8. The van der Waals surface area contributed by atoms with Crippen molar-refractivity contribution in [1.82, 2.24) is 18.9 Å². The number of carbonyl (C=O) groups is 4. The maximum atomic E-state index is 12.8. The van der Waals surface area contributed by atoms with Crippen LogP contribution in [0.4, 0.5) is 0 Å². The number of rotatable bonds is 4. The van der Waals surface area contributed by atoms with E-state index < -0.39 is 59.2 Å². The average Bonchev–Trinajstić information content (AvgIpc) is 3.41. The van der Waals surface area contributed by atoms with E-state index in [1.165, 1.54) is 0 Å². The third-order valence-electron chi connectivity index (χ3n) is 5.43. The van der Waals surface area contributed by atoms with Gasteiger partial charge in [0.15, 0.2) is 0 Å². The Hall–Kier alpha value is -4.74. The van der Waals surface area contributed by atoms with E-state index in [4.69, 9.17) is 0 Å². The van der Waals surface area contributed by atoms with Crippen molar-refractivity contribution >= 4 is 45.2 Å². The lowest BCUT2D eigenvalue weighted by atomic mass is 10.1. The summed E-state index contributed by atoms with van der Waals surface area (Å²) < 4.78 is 1.34. The zero-order valence-corrected chi connectivity index (χ0v) is 15.9. The van der Waals surface area contributed by atoms with Gasteiger partial charge in [-0.05, 0) is 12.1 Å². The van der Waals surface area contributed by atoms with Crippen molar-refractivity contribution in [3.63, 3.8) is 0 Å². The predicted octanol–water partition coefficient (Wildman–Crippen LogP) is 0.222. The Labute approximate surface area is 204 Å². The number of fused-ring (bicyclic) bond motifs is 2. The first-order valence-electron chi connectivity index (χ1n) is 9.16. The summed E-state index contributed by atoms with van der Waals surface area (Å²) >= 11 is 0. The first-order chi connectivity index (χ1) is 15.2. The molecule has 0 atom stereocenters. The van der Waals surface area contributed by atoms with Gasteiger partial charge in [-0.1, -0.05) is 29.7 Å². The van der Waals surface area contributed by atoms with E-state index in [1.807, 2.05) is 0 Å². The molecule has 190 valence electrons. The summed E-state index contributed by atoms with van der Waals surface area (Å²) in [6.07, 6.45) is 4.03. The molecule has 0 radical (unpaired) electrons. The van der Waals surface area contributed by atoms with Crippen molar-refractivity contribution in [2.75, 3.05) is 0 Å². The quantitative estimate of drug-likeness (QED) is 0.463. The van der Waals surface area contributed by atoms with E-state index in [0.717, 1.165) is 36.4 Å². The lowest BCUT2D eigenvalue weighted by molar-refractivity contribution is -0.140. The van der Waals surface area contributed by atoms with Gasteiger partial charge in [0.25, 0.3) is 45.9 Å². The summed E-state index contributed by atoms with van der Waals surface area (Å²) in [4.78, 5) is 99.5. The van der Waals surface area contributed by atoms with Gasteiger partial charge in [-0.25, -0.2) is 0 Å². The highest BCUT2D eigenvalue weighted by molar-refractivity contribution is 6.13. The summed E-state index contributed by atoms with van der Waals surface area (Å²) in [5, 5.41) is -0.671. The molecule has 36 heavy (non-hydrogen) atoms. The molecule has 0 unspecified atom stereocenters. The predicted molar refractivity (Wildman–Crippen MR) is 134 cm³/mol. The fraction of sp³-hybridized carbons (Fsp3) is 0.250. The number of carbonyl (C=O) groups excluding carboxylic acids is 4. The van der Waals surface area contributed by atoms with Gasteiger partial charge in [0.2, 0.25) is 0 Å². The van der Waals surface area contributed by atoms with Crippen molar-refractivity contribution in [3.8, 4) is 0 Å². The van der Waals surface area contributed by atoms with Crippen LogP contribution in [0.25, 0.3) is 21.5 Å². The minimum Gasteiger partial charge on any atom is -0.269 e.